The Kier molecular flexibility index (Phi) is 4.67. The highest BCUT2D eigenvalue weighted by atomic mass is 35.5. The zero-order valence-corrected chi connectivity index (χ0v) is 16.3. The summed E-state index contributed by atoms with van der Waals surface area (Å²) >= 11 is 9.02. The Morgan fingerprint density at radius 2 is 1.96 bits per heavy atom. The number of thiazole rings is 1. The number of piperazine rings is 1. The summed E-state index contributed by atoms with van der Waals surface area (Å²) in [5.74, 6) is 0.0773. The third-order valence-electron chi connectivity index (χ3n) is 4.47. The molecule has 0 atom stereocenters. The summed E-state index contributed by atoms with van der Waals surface area (Å²) in [6.45, 7) is 5.21. The van der Waals surface area contributed by atoms with E-state index in [-0.39, 0.29) is 5.91 Å². The molecule has 1 amide bonds. The second-order valence-corrected chi connectivity index (χ2v) is 8.76. The predicted octanol–water partition coefficient (Wildman–Crippen LogP) is 4.54. The molecule has 130 valence electrons. The van der Waals surface area contributed by atoms with Crippen molar-refractivity contribution in [1.29, 1.82) is 0 Å². The van der Waals surface area contributed by atoms with Crippen molar-refractivity contribution in [2.75, 3.05) is 31.1 Å². The van der Waals surface area contributed by atoms with Crippen LogP contribution in [-0.4, -0.2) is 42.0 Å². The largest absolute Gasteiger partial charge is 0.345 e. The first-order chi connectivity index (χ1) is 12.1. The molecule has 1 saturated heterocycles. The number of benzene rings is 1. The zero-order valence-electron chi connectivity index (χ0n) is 13.9. The minimum Gasteiger partial charge on any atom is -0.345 e. The van der Waals surface area contributed by atoms with Gasteiger partial charge in [0.2, 0.25) is 0 Å². The topological polar surface area (TPSA) is 36.4 Å². The van der Waals surface area contributed by atoms with Crippen molar-refractivity contribution in [3.8, 4) is 0 Å². The molecule has 7 heteroatoms. The van der Waals surface area contributed by atoms with E-state index in [0.29, 0.717) is 22.3 Å². The van der Waals surface area contributed by atoms with Crippen LogP contribution in [0.3, 0.4) is 0 Å². The molecule has 0 N–H and O–H groups in total. The highest BCUT2D eigenvalue weighted by Gasteiger charge is 2.24. The first-order valence-corrected chi connectivity index (χ1v) is 10.3. The number of hydrogen-bond donors (Lipinski definition) is 0. The van der Waals surface area contributed by atoms with E-state index in [2.05, 4.69) is 30.0 Å². The standard InChI is InChI=1S/C18H18ClN3OS2/c1-2-12-3-4-13-15(11-12)25-18(20-13)22-9-7-21(8-10-22)17(23)14-5-6-16(19)24-14/h3-6,11H,2,7-10H2,1H3. The molecule has 4 nitrogen and oxygen atoms in total. The van der Waals surface area contributed by atoms with Gasteiger partial charge in [-0.05, 0) is 36.2 Å². The van der Waals surface area contributed by atoms with E-state index in [1.54, 1.807) is 23.5 Å². The minimum absolute atomic E-state index is 0.0773. The molecule has 4 rings (SSSR count). The highest BCUT2D eigenvalue weighted by Crippen LogP contribution is 2.30. The maximum absolute atomic E-state index is 12.5. The Labute approximate surface area is 159 Å². The van der Waals surface area contributed by atoms with Crippen molar-refractivity contribution in [3.05, 3.63) is 45.1 Å². The number of fused-ring (bicyclic) bond motifs is 1. The van der Waals surface area contributed by atoms with Crippen LogP contribution in [0.4, 0.5) is 5.13 Å². The van der Waals surface area contributed by atoms with E-state index >= 15 is 0 Å². The smallest absolute Gasteiger partial charge is 0.264 e. The number of anilines is 1. The lowest BCUT2D eigenvalue weighted by atomic mass is 10.2. The Bertz CT molecular complexity index is 912. The minimum atomic E-state index is 0.0773. The molecule has 25 heavy (non-hydrogen) atoms. The normalized spacial score (nSPS) is 15.1. The molecule has 0 saturated carbocycles. The van der Waals surface area contributed by atoms with Crippen molar-refractivity contribution >= 4 is 55.5 Å². The number of thiophene rings is 1. The second kappa shape index (κ2) is 6.94. The van der Waals surface area contributed by atoms with Gasteiger partial charge in [-0.15, -0.1) is 11.3 Å². The van der Waals surface area contributed by atoms with E-state index in [1.807, 2.05) is 4.90 Å². The van der Waals surface area contributed by atoms with Crippen LogP contribution in [-0.2, 0) is 6.42 Å². The van der Waals surface area contributed by atoms with Gasteiger partial charge in [-0.25, -0.2) is 4.98 Å². The van der Waals surface area contributed by atoms with Gasteiger partial charge >= 0.3 is 0 Å². The molecule has 0 spiro atoms. The highest BCUT2D eigenvalue weighted by molar-refractivity contribution is 7.22. The Hall–Kier alpha value is -1.63. The maximum atomic E-state index is 12.5. The Morgan fingerprint density at radius 1 is 1.16 bits per heavy atom. The van der Waals surface area contributed by atoms with Gasteiger partial charge in [0.15, 0.2) is 5.13 Å². The number of halogens is 1. The SMILES string of the molecule is CCc1ccc2nc(N3CCN(C(=O)c4ccc(Cl)s4)CC3)sc2c1. The monoisotopic (exact) mass is 391 g/mol. The fourth-order valence-electron chi connectivity index (χ4n) is 3.00. The van der Waals surface area contributed by atoms with Gasteiger partial charge in [0, 0.05) is 26.2 Å². The number of carbonyl (C=O) groups is 1. The third kappa shape index (κ3) is 3.38. The van der Waals surface area contributed by atoms with Gasteiger partial charge in [0.1, 0.15) is 0 Å². The quantitative estimate of drug-likeness (QED) is 0.657. The summed E-state index contributed by atoms with van der Waals surface area (Å²) < 4.78 is 1.89. The molecule has 3 heterocycles. The Morgan fingerprint density at radius 3 is 2.64 bits per heavy atom. The van der Waals surface area contributed by atoms with Gasteiger partial charge in [0.05, 0.1) is 19.4 Å². The number of nitrogens with zero attached hydrogens (tertiary/aromatic N) is 3. The molecular formula is C18H18ClN3OS2. The molecule has 1 fully saturated rings. The average molecular weight is 392 g/mol. The van der Waals surface area contributed by atoms with E-state index < -0.39 is 0 Å². The zero-order chi connectivity index (χ0) is 17.4. The number of hydrogen-bond acceptors (Lipinski definition) is 5. The summed E-state index contributed by atoms with van der Waals surface area (Å²) in [5, 5.41) is 1.05. The molecule has 1 aliphatic rings. The maximum Gasteiger partial charge on any atom is 0.264 e. The lowest BCUT2D eigenvalue weighted by Gasteiger charge is -2.34. The molecule has 1 aromatic carbocycles. The van der Waals surface area contributed by atoms with Crippen LogP contribution >= 0.6 is 34.3 Å². The van der Waals surface area contributed by atoms with Crippen molar-refractivity contribution in [2.24, 2.45) is 0 Å². The number of carbonyl (C=O) groups excluding carboxylic acids is 1. The molecule has 0 bridgehead atoms. The van der Waals surface area contributed by atoms with Gasteiger partial charge in [0.25, 0.3) is 5.91 Å². The summed E-state index contributed by atoms with van der Waals surface area (Å²) in [5.41, 5.74) is 2.40. The number of aryl methyl sites for hydroxylation is 1. The first-order valence-electron chi connectivity index (χ1n) is 8.33. The molecule has 2 aromatic heterocycles. The Balaban J connectivity index is 1.45. The molecule has 0 aliphatic carbocycles. The van der Waals surface area contributed by atoms with Crippen molar-refractivity contribution in [1.82, 2.24) is 9.88 Å². The van der Waals surface area contributed by atoms with E-state index in [1.165, 1.54) is 21.6 Å². The van der Waals surface area contributed by atoms with E-state index in [4.69, 9.17) is 16.6 Å². The van der Waals surface area contributed by atoms with Crippen LogP contribution < -0.4 is 4.90 Å². The van der Waals surface area contributed by atoms with Crippen LogP contribution in [0.2, 0.25) is 4.34 Å². The fraction of sp³-hybridized carbons (Fsp3) is 0.333. The molecular weight excluding hydrogens is 374 g/mol. The van der Waals surface area contributed by atoms with Crippen LogP contribution in [0, 0.1) is 0 Å². The second-order valence-electron chi connectivity index (χ2n) is 6.04. The first kappa shape index (κ1) is 16.8. The summed E-state index contributed by atoms with van der Waals surface area (Å²) in [7, 11) is 0. The third-order valence-corrected chi connectivity index (χ3v) is 6.77. The van der Waals surface area contributed by atoms with Crippen molar-refractivity contribution in [2.45, 2.75) is 13.3 Å². The predicted molar refractivity (Wildman–Crippen MR) is 106 cm³/mol. The molecule has 0 unspecified atom stereocenters. The van der Waals surface area contributed by atoms with Gasteiger partial charge < -0.3 is 9.80 Å². The fourth-order valence-corrected chi connectivity index (χ4v) is 5.09. The van der Waals surface area contributed by atoms with Gasteiger partial charge in [-0.3, -0.25) is 4.79 Å². The lowest BCUT2D eigenvalue weighted by molar-refractivity contribution is 0.0751. The van der Waals surface area contributed by atoms with Crippen LogP contribution in [0.1, 0.15) is 22.2 Å². The summed E-state index contributed by atoms with van der Waals surface area (Å²) in [6.07, 6.45) is 1.04. The lowest BCUT2D eigenvalue weighted by Crippen LogP contribution is -2.48. The van der Waals surface area contributed by atoms with Crippen molar-refractivity contribution < 1.29 is 4.79 Å². The van der Waals surface area contributed by atoms with E-state index in [9.17, 15) is 4.79 Å². The molecule has 0 radical (unpaired) electrons. The number of rotatable bonds is 3. The number of aromatic nitrogens is 1. The van der Waals surface area contributed by atoms with Crippen LogP contribution in [0.15, 0.2) is 30.3 Å². The summed E-state index contributed by atoms with van der Waals surface area (Å²) in [4.78, 5) is 22.2. The van der Waals surface area contributed by atoms with Crippen molar-refractivity contribution in [3.63, 3.8) is 0 Å². The van der Waals surface area contributed by atoms with Crippen LogP contribution in [0.25, 0.3) is 10.2 Å². The molecule has 3 aromatic rings. The number of amides is 1. The van der Waals surface area contributed by atoms with E-state index in [0.717, 1.165) is 30.2 Å². The van der Waals surface area contributed by atoms with Gasteiger partial charge in [-0.1, -0.05) is 35.9 Å². The average Bonchev–Trinajstić information content (AvgIpc) is 3.26. The van der Waals surface area contributed by atoms with Crippen LogP contribution in [0.5, 0.6) is 0 Å². The van der Waals surface area contributed by atoms with Gasteiger partial charge in [-0.2, -0.15) is 0 Å². The summed E-state index contributed by atoms with van der Waals surface area (Å²) in [6, 6.07) is 10.1. The molecule has 1 aliphatic heterocycles.